The molecule has 1 heterocycles. The Morgan fingerprint density at radius 3 is 2.81 bits per heavy atom. The van der Waals surface area contributed by atoms with Crippen LogP contribution >= 0.6 is 39.3 Å². The molecule has 1 aliphatic heterocycles. The van der Waals surface area contributed by atoms with Crippen LogP contribution in [0.4, 0.5) is 5.69 Å². The number of amides is 1. The van der Waals surface area contributed by atoms with Gasteiger partial charge in [0.15, 0.2) is 16.7 Å². The zero-order valence-corrected chi connectivity index (χ0v) is 21.0. The maximum atomic E-state index is 12.5. The monoisotopic (exact) mass is 522 g/mol. The molecule has 1 N–H and O–H groups in total. The molecular weight excluding hydrogens is 500 g/mol. The highest BCUT2D eigenvalue weighted by molar-refractivity contribution is 9.10. The Labute approximate surface area is 200 Å². The quantitative estimate of drug-likeness (QED) is 0.402. The molecular formula is C23H24BrClN2O3S. The summed E-state index contributed by atoms with van der Waals surface area (Å²) >= 11 is 11.0. The molecule has 1 saturated heterocycles. The highest BCUT2D eigenvalue weighted by atomic mass is 79.9. The number of carbonyl (C=O) groups is 1. The lowest BCUT2D eigenvalue weighted by molar-refractivity contribution is -0.115. The number of hydrogen-bond donors (Lipinski definition) is 1. The number of rotatable bonds is 7. The van der Waals surface area contributed by atoms with Crippen LogP contribution in [-0.2, 0) is 4.79 Å². The summed E-state index contributed by atoms with van der Waals surface area (Å²) in [6.45, 7) is 8.41. The fourth-order valence-electron chi connectivity index (χ4n) is 2.79. The Morgan fingerprint density at radius 2 is 2.10 bits per heavy atom. The van der Waals surface area contributed by atoms with Crippen molar-refractivity contribution in [2.24, 2.45) is 4.99 Å². The van der Waals surface area contributed by atoms with Crippen molar-refractivity contribution in [1.29, 1.82) is 0 Å². The van der Waals surface area contributed by atoms with E-state index in [4.69, 9.17) is 21.1 Å². The minimum atomic E-state index is -0.197. The van der Waals surface area contributed by atoms with Gasteiger partial charge in [-0.15, -0.1) is 0 Å². The lowest BCUT2D eigenvalue weighted by atomic mass is 10.1. The second-order valence-electron chi connectivity index (χ2n) is 6.97. The Morgan fingerprint density at radius 1 is 1.32 bits per heavy atom. The number of thioether (sulfide) groups is 1. The predicted molar refractivity (Wildman–Crippen MR) is 133 cm³/mol. The molecule has 5 nitrogen and oxygen atoms in total. The number of aliphatic imine (C=N–C) groups is 1. The van der Waals surface area contributed by atoms with Crippen LogP contribution < -0.4 is 14.8 Å². The maximum Gasteiger partial charge on any atom is 0.264 e. The van der Waals surface area contributed by atoms with E-state index in [0.717, 1.165) is 27.7 Å². The SMILES string of the molecule is CCOc1cc(/C=C2/SC(=Nc3cccc(Cl)c3C)NC2=O)cc(Br)c1O[C@H](C)CC. The molecule has 0 aromatic heterocycles. The van der Waals surface area contributed by atoms with Gasteiger partial charge >= 0.3 is 0 Å². The first kappa shape index (κ1) is 23.7. The molecule has 0 aliphatic carbocycles. The Balaban J connectivity index is 1.89. The summed E-state index contributed by atoms with van der Waals surface area (Å²) in [5, 5.41) is 3.97. The van der Waals surface area contributed by atoms with Crippen LogP contribution in [0.15, 0.2) is 44.7 Å². The molecule has 0 spiro atoms. The molecule has 1 amide bonds. The molecule has 8 heteroatoms. The second-order valence-corrected chi connectivity index (χ2v) is 9.26. The van der Waals surface area contributed by atoms with Gasteiger partial charge in [-0.3, -0.25) is 4.79 Å². The number of nitrogens with zero attached hydrogens (tertiary/aromatic N) is 1. The van der Waals surface area contributed by atoms with Crippen LogP contribution in [0.2, 0.25) is 5.02 Å². The average molecular weight is 524 g/mol. The lowest BCUT2D eigenvalue weighted by Crippen LogP contribution is -2.19. The van der Waals surface area contributed by atoms with E-state index in [1.807, 2.05) is 57.2 Å². The summed E-state index contributed by atoms with van der Waals surface area (Å²) < 4.78 is 12.6. The maximum absolute atomic E-state index is 12.5. The minimum absolute atomic E-state index is 0.0598. The highest BCUT2D eigenvalue weighted by Gasteiger charge is 2.24. The molecule has 0 radical (unpaired) electrons. The van der Waals surface area contributed by atoms with Crippen LogP contribution in [0.3, 0.4) is 0 Å². The highest BCUT2D eigenvalue weighted by Crippen LogP contribution is 2.39. The van der Waals surface area contributed by atoms with Gasteiger partial charge in [0.25, 0.3) is 5.91 Å². The fourth-order valence-corrected chi connectivity index (χ4v) is 4.35. The van der Waals surface area contributed by atoms with E-state index in [1.165, 1.54) is 11.8 Å². The first-order valence-electron chi connectivity index (χ1n) is 10.00. The summed E-state index contributed by atoms with van der Waals surface area (Å²) in [7, 11) is 0. The third-order valence-corrected chi connectivity index (χ3v) is 6.54. The van der Waals surface area contributed by atoms with E-state index in [2.05, 4.69) is 33.2 Å². The normalized spacial score (nSPS) is 17.2. The number of carbonyl (C=O) groups excluding carboxylic acids is 1. The second kappa shape index (κ2) is 10.6. The Kier molecular flexibility index (Phi) is 8.08. The van der Waals surface area contributed by atoms with Gasteiger partial charge in [-0.25, -0.2) is 4.99 Å². The van der Waals surface area contributed by atoms with Crippen LogP contribution in [0.25, 0.3) is 6.08 Å². The number of amidine groups is 1. The van der Waals surface area contributed by atoms with Gasteiger partial charge in [0.05, 0.1) is 27.8 Å². The van der Waals surface area contributed by atoms with Crippen molar-refractivity contribution in [3.05, 3.63) is 55.9 Å². The topological polar surface area (TPSA) is 59.9 Å². The van der Waals surface area contributed by atoms with Crippen LogP contribution in [0.5, 0.6) is 11.5 Å². The zero-order chi connectivity index (χ0) is 22.5. The molecule has 1 atom stereocenters. The van der Waals surface area contributed by atoms with Crippen LogP contribution in [0, 0.1) is 6.92 Å². The van der Waals surface area contributed by atoms with E-state index in [0.29, 0.717) is 33.2 Å². The van der Waals surface area contributed by atoms with Crippen LogP contribution in [-0.4, -0.2) is 23.8 Å². The summed E-state index contributed by atoms with van der Waals surface area (Å²) in [6.07, 6.45) is 2.76. The van der Waals surface area contributed by atoms with Gasteiger partial charge in [0.1, 0.15) is 0 Å². The molecule has 1 fully saturated rings. The third-order valence-electron chi connectivity index (χ3n) is 4.64. The number of benzene rings is 2. The first-order valence-corrected chi connectivity index (χ1v) is 12.0. The predicted octanol–water partition coefficient (Wildman–Crippen LogP) is 6.88. The van der Waals surface area contributed by atoms with E-state index in [9.17, 15) is 4.79 Å². The van der Waals surface area contributed by atoms with Crippen molar-refractivity contribution < 1.29 is 14.3 Å². The molecule has 0 unspecified atom stereocenters. The standard InChI is InChI=1S/C23H24BrClN2O3S/c1-5-13(3)30-21-16(24)10-15(11-19(21)29-6-2)12-20-22(28)27-23(31-20)26-18-9-7-8-17(25)14(18)4/h7-13H,5-6H2,1-4H3,(H,26,27,28)/b20-12+/t13-/m1/s1. The van der Waals surface area contributed by atoms with Gasteiger partial charge < -0.3 is 14.8 Å². The van der Waals surface area contributed by atoms with Crippen molar-refractivity contribution in [2.45, 2.75) is 40.2 Å². The zero-order valence-electron chi connectivity index (χ0n) is 17.8. The molecule has 0 saturated carbocycles. The number of hydrogen-bond acceptors (Lipinski definition) is 5. The summed E-state index contributed by atoms with van der Waals surface area (Å²) in [4.78, 5) is 17.6. The molecule has 31 heavy (non-hydrogen) atoms. The molecule has 164 valence electrons. The van der Waals surface area contributed by atoms with Gasteiger partial charge in [-0.1, -0.05) is 24.6 Å². The number of halogens is 2. The third kappa shape index (κ3) is 5.84. The van der Waals surface area contributed by atoms with Crippen molar-refractivity contribution in [3.8, 4) is 11.5 Å². The largest absolute Gasteiger partial charge is 0.490 e. The first-order chi connectivity index (χ1) is 14.8. The molecule has 0 bridgehead atoms. The van der Waals surface area contributed by atoms with E-state index >= 15 is 0 Å². The van der Waals surface area contributed by atoms with Crippen molar-refractivity contribution in [2.75, 3.05) is 6.61 Å². The molecule has 3 rings (SSSR count). The molecule has 1 aliphatic rings. The minimum Gasteiger partial charge on any atom is -0.490 e. The summed E-state index contributed by atoms with van der Waals surface area (Å²) in [6, 6.07) is 9.31. The average Bonchev–Trinajstić information content (AvgIpc) is 3.07. The summed E-state index contributed by atoms with van der Waals surface area (Å²) in [5.74, 6) is 1.11. The number of ether oxygens (including phenoxy) is 2. The van der Waals surface area contributed by atoms with Crippen molar-refractivity contribution >= 4 is 62.1 Å². The smallest absolute Gasteiger partial charge is 0.264 e. The lowest BCUT2D eigenvalue weighted by Gasteiger charge is -2.18. The van der Waals surface area contributed by atoms with E-state index in [-0.39, 0.29) is 12.0 Å². The van der Waals surface area contributed by atoms with E-state index in [1.54, 1.807) is 0 Å². The van der Waals surface area contributed by atoms with Crippen molar-refractivity contribution in [3.63, 3.8) is 0 Å². The van der Waals surface area contributed by atoms with Crippen molar-refractivity contribution in [1.82, 2.24) is 5.32 Å². The number of nitrogens with one attached hydrogen (secondary N) is 1. The molecule has 2 aromatic carbocycles. The summed E-state index contributed by atoms with van der Waals surface area (Å²) in [5.41, 5.74) is 2.42. The van der Waals surface area contributed by atoms with Gasteiger partial charge in [0, 0.05) is 5.02 Å². The fraction of sp³-hybridized carbons (Fsp3) is 0.304. The Bertz CT molecular complexity index is 1060. The molecule has 2 aromatic rings. The Hall–Kier alpha value is -1.96. The van der Waals surface area contributed by atoms with Gasteiger partial charge in [-0.05, 0) is 96.4 Å². The van der Waals surface area contributed by atoms with Gasteiger partial charge in [-0.2, -0.15) is 0 Å². The van der Waals surface area contributed by atoms with E-state index < -0.39 is 0 Å². The van der Waals surface area contributed by atoms with Gasteiger partial charge in [0.2, 0.25) is 0 Å². The van der Waals surface area contributed by atoms with Crippen LogP contribution in [0.1, 0.15) is 38.3 Å².